The molecular formula is C18H27N3O3. The Morgan fingerprint density at radius 2 is 2.08 bits per heavy atom. The molecule has 6 nitrogen and oxygen atoms in total. The summed E-state index contributed by atoms with van der Waals surface area (Å²) in [5, 5.41) is 3.38. The number of benzene rings is 1. The fraction of sp³-hybridized carbons (Fsp3) is 0.556. The Labute approximate surface area is 143 Å². The number of hydrogen-bond acceptors (Lipinski definition) is 4. The number of hydrogen-bond donors (Lipinski definition) is 1. The molecule has 24 heavy (non-hydrogen) atoms. The number of nitrogens with one attached hydrogen (secondary N) is 1. The van der Waals surface area contributed by atoms with E-state index in [1.807, 2.05) is 18.2 Å². The maximum Gasteiger partial charge on any atom is 0.310 e. The topological polar surface area (TPSA) is 63.2 Å². The molecule has 132 valence electrons. The van der Waals surface area contributed by atoms with Crippen molar-refractivity contribution in [2.24, 2.45) is 16.8 Å². The quantitative estimate of drug-likeness (QED) is 0.503. The second-order valence-corrected chi connectivity index (χ2v) is 6.05. The summed E-state index contributed by atoms with van der Waals surface area (Å²) in [7, 11) is 4.89. The minimum Gasteiger partial charge on any atom is -0.496 e. The van der Waals surface area contributed by atoms with E-state index in [9.17, 15) is 4.79 Å². The summed E-state index contributed by atoms with van der Waals surface area (Å²) in [4.78, 5) is 18.3. The molecule has 2 unspecified atom stereocenters. The molecule has 2 rings (SSSR count). The van der Waals surface area contributed by atoms with Crippen molar-refractivity contribution in [1.82, 2.24) is 10.2 Å². The van der Waals surface area contributed by atoms with E-state index >= 15 is 0 Å². The molecule has 6 heteroatoms. The third kappa shape index (κ3) is 4.19. The van der Waals surface area contributed by atoms with Gasteiger partial charge in [-0.1, -0.05) is 25.1 Å². The highest BCUT2D eigenvalue weighted by Gasteiger charge is 2.36. The van der Waals surface area contributed by atoms with E-state index in [-0.39, 0.29) is 17.8 Å². The van der Waals surface area contributed by atoms with Crippen LogP contribution >= 0.6 is 0 Å². The lowest BCUT2D eigenvalue weighted by molar-refractivity contribution is -0.145. The van der Waals surface area contributed by atoms with Crippen molar-refractivity contribution in [2.45, 2.75) is 13.3 Å². The van der Waals surface area contributed by atoms with E-state index in [0.29, 0.717) is 6.54 Å². The average Bonchev–Trinajstić information content (AvgIpc) is 2.99. The van der Waals surface area contributed by atoms with Gasteiger partial charge in [0.2, 0.25) is 0 Å². The zero-order valence-corrected chi connectivity index (χ0v) is 14.9. The van der Waals surface area contributed by atoms with Crippen LogP contribution in [0.2, 0.25) is 0 Å². The number of nitrogens with zero attached hydrogens (tertiary/aromatic N) is 2. The standard InChI is InChI=1S/C18H27N3O3/c1-13-11-21(12-15(13)17(22)24-4)18(19-2)20-10-9-14-7-5-6-8-16(14)23-3/h5-8,13,15H,9-12H2,1-4H3,(H,19,20). The summed E-state index contributed by atoms with van der Waals surface area (Å²) in [5.74, 6) is 1.74. The number of ether oxygens (including phenoxy) is 2. The summed E-state index contributed by atoms with van der Waals surface area (Å²) >= 11 is 0. The van der Waals surface area contributed by atoms with Gasteiger partial charge in [-0.05, 0) is 24.0 Å². The largest absolute Gasteiger partial charge is 0.496 e. The Morgan fingerprint density at radius 3 is 2.75 bits per heavy atom. The normalized spacial score (nSPS) is 20.8. The second-order valence-electron chi connectivity index (χ2n) is 6.05. The molecule has 0 spiro atoms. The fourth-order valence-corrected chi connectivity index (χ4v) is 3.15. The Hall–Kier alpha value is -2.24. The Balaban J connectivity index is 1.90. The van der Waals surface area contributed by atoms with Gasteiger partial charge in [0.1, 0.15) is 5.75 Å². The van der Waals surface area contributed by atoms with Crippen molar-refractivity contribution in [2.75, 3.05) is 40.9 Å². The van der Waals surface area contributed by atoms with Crippen LogP contribution in [0.3, 0.4) is 0 Å². The first-order chi connectivity index (χ1) is 11.6. The van der Waals surface area contributed by atoms with Crippen molar-refractivity contribution < 1.29 is 14.3 Å². The molecule has 0 aliphatic carbocycles. The number of esters is 1. The maximum atomic E-state index is 11.8. The van der Waals surface area contributed by atoms with Crippen LogP contribution in [-0.2, 0) is 16.0 Å². The number of likely N-dealkylation sites (tertiary alicyclic amines) is 1. The van der Waals surface area contributed by atoms with Gasteiger partial charge in [-0.2, -0.15) is 0 Å². The highest BCUT2D eigenvalue weighted by molar-refractivity contribution is 5.82. The molecule has 1 heterocycles. The Morgan fingerprint density at radius 1 is 1.33 bits per heavy atom. The predicted octanol–water partition coefficient (Wildman–Crippen LogP) is 1.55. The van der Waals surface area contributed by atoms with Crippen LogP contribution in [-0.4, -0.2) is 57.7 Å². The predicted molar refractivity (Wildman–Crippen MR) is 94.3 cm³/mol. The lowest BCUT2D eigenvalue weighted by Crippen LogP contribution is -2.41. The van der Waals surface area contributed by atoms with Crippen molar-refractivity contribution >= 4 is 11.9 Å². The molecule has 1 saturated heterocycles. The number of methoxy groups -OCH3 is 2. The molecule has 1 aromatic rings. The summed E-state index contributed by atoms with van der Waals surface area (Å²) in [5.41, 5.74) is 1.16. The first-order valence-electron chi connectivity index (χ1n) is 8.26. The van der Waals surface area contributed by atoms with Gasteiger partial charge in [-0.3, -0.25) is 9.79 Å². The van der Waals surface area contributed by atoms with Crippen LogP contribution in [0.5, 0.6) is 5.75 Å². The lowest BCUT2D eigenvalue weighted by atomic mass is 9.99. The smallest absolute Gasteiger partial charge is 0.310 e. The molecule has 1 N–H and O–H groups in total. The zero-order chi connectivity index (χ0) is 17.5. The molecular weight excluding hydrogens is 306 g/mol. The minimum absolute atomic E-state index is 0.0947. The maximum absolute atomic E-state index is 11.8. The van der Waals surface area contributed by atoms with Gasteiger partial charge in [0.05, 0.1) is 20.1 Å². The first kappa shape index (κ1) is 18.1. The number of guanidine groups is 1. The van der Waals surface area contributed by atoms with Crippen molar-refractivity contribution in [1.29, 1.82) is 0 Å². The molecule has 1 aromatic carbocycles. The highest BCUT2D eigenvalue weighted by atomic mass is 16.5. The Kier molecular flexibility index (Phi) is 6.46. The van der Waals surface area contributed by atoms with Gasteiger partial charge in [-0.15, -0.1) is 0 Å². The molecule has 0 bridgehead atoms. The number of aliphatic imine (C=N–C) groups is 1. The van der Waals surface area contributed by atoms with Crippen LogP contribution in [0, 0.1) is 11.8 Å². The monoisotopic (exact) mass is 333 g/mol. The van der Waals surface area contributed by atoms with Crippen molar-refractivity contribution in [3.63, 3.8) is 0 Å². The highest BCUT2D eigenvalue weighted by Crippen LogP contribution is 2.24. The van der Waals surface area contributed by atoms with E-state index < -0.39 is 0 Å². The third-order valence-electron chi connectivity index (χ3n) is 4.50. The second kappa shape index (κ2) is 8.57. The molecule has 2 atom stereocenters. The summed E-state index contributed by atoms with van der Waals surface area (Å²) in [6, 6.07) is 8.00. The van der Waals surface area contributed by atoms with E-state index in [0.717, 1.165) is 36.8 Å². The molecule has 1 aliphatic rings. The van der Waals surface area contributed by atoms with E-state index in [2.05, 4.69) is 28.2 Å². The summed E-state index contributed by atoms with van der Waals surface area (Å²) in [6.07, 6.45) is 0.840. The lowest BCUT2D eigenvalue weighted by Gasteiger charge is -2.21. The van der Waals surface area contributed by atoms with Gasteiger partial charge in [0.15, 0.2) is 5.96 Å². The number of carbonyl (C=O) groups is 1. The number of rotatable bonds is 5. The first-order valence-corrected chi connectivity index (χ1v) is 8.26. The Bertz CT molecular complexity index is 589. The van der Waals surface area contributed by atoms with Gasteiger partial charge in [0.25, 0.3) is 0 Å². The van der Waals surface area contributed by atoms with E-state index in [1.165, 1.54) is 7.11 Å². The van der Waals surface area contributed by atoms with Gasteiger partial charge in [-0.25, -0.2) is 0 Å². The molecule has 1 aliphatic heterocycles. The molecule has 1 fully saturated rings. The SMILES string of the molecule is CN=C(NCCc1ccccc1OC)N1CC(C)C(C(=O)OC)C1. The number of para-hydroxylation sites is 1. The van der Waals surface area contributed by atoms with Crippen LogP contribution in [0.15, 0.2) is 29.3 Å². The van der Waals surface area contributed by atoms with E-state index in [4.69, 9.17) is 9.47 Å². The molecule has 0 radical (unpaired) electrons. The van der Waals surface area contributed by atoms with Gasteiger partial charge in [0, 0.05) is 26.7 Å². The summed E-state index contributed by atoms with van der Waals surface area (Å²) in [6.45, 7) is 4.26. The molecule has 0 aromatic heterocycles. The molecule has 0 saturated carbocycles. The average molecular weight is 333 g/mol. The van der Waals surface area contributed by atoms with E-state index in [1.54, 1.807) is 14.2 Å². The van der Waals surface area contributed by atoms with Crippen LogP contribution in [0.4, 0.5) is 0 Å². The number of carbonyl (C=O) groups excluding carboxylic acids is 1. The fourth-order valence-electron chi connectivity index (χ4n) is 3.15. The minimum atomic E-state index is -0.144. The van der Waals surface area contributed by atoms with Crippen LogP contribution in [0.1, 0.15) is 12.5 Å². The zero-order valence-electron chi connectivity index (χ0n) is 14.9. The molecule has 0 amide bonds. The van der Waals surface area contributed by atoms with Crippen molar-refractivity contribution in [3.8, 4) is 5.75 Å². The van der Waals surface area contributed by atoms with Gasteiger partial charge < -0.3 is 19.7 Å². The summed E-state index contributed by atoms with van der Waals surface area (Å²) < 4.78 is 10.3. The third-order valence-corrected chi connectivity index (χ3v) is 4.50. The van der Waals surface area contributed by atoms with Gasteiger partial charge >= 0.3 is 5.97 Å². The van der Waals surface area contributed by atoms with Crippen LogP contribution in [0.25, 0.3) is 0 Å². The van der Waals surface area contributed by atoms with Crippen molar-refractivity contribution in [3.05, 3.63) is 29.8 Å². The van der Waals surface area contributed by atoms with Crippen LogP contribution < -0.4 is 10.1 Å².